The maximum Gasteiger partial charge on any atom is 0.269 e. The van der Waals surface area contributed by atoms with E-state index in [9.17, 15) is 14.9 Å². The fourth-order valence-electron chi connectivity index (χ4n) is 3.04. The number of aromatic nitrogens is 3. The maximum atomic E-state index is 12.2. The quantitative estimate of drug-likeness (QED) is 0.601. The average Bonchev–Trinajstić information content (AvgIpc) is 3.01. The van der Waals surface area contributed by atoms with E-state index >= 15 is 0 Å². The van der Waals surface area contributed by atoms with Crippen molar-refractivity contribution in [1.82, 2.24) is 20.1 Å². The molecule has 1 aromatic heterocycles. The molecule has 1 amide bonds. The summed E-state index contributed by atoms with van der Waals surface area (Å²) in [6.07, 6.45) is 2.62. The number of anilines is 1. The van der Waals surface area contributed by atoms with Crippen molar-refractivity contribution in [3.63, 3.8) is 0 Å². The highest BCUT2D eigenvalue weighted by Gasteiger charge is 2.21. The van der Waals surface area contributed by atoms with Crippen LogP contribution < -0.4 is 10.6 Å². The Morgan fingerprint density at radius 1 is 1.42 bits per heavy atom. The fourth-order valence-corrected chi connectivity index (χ4v) is 3.04. The summed E-state index contributed by atoms with van der Waals surface area (Å²) in [6.45, 7) is 1.90. The Bertz CT molecular complexity index is 798. The third kappa shape index (κ3) is 4.42. The van der Waals surface area contributed by atoms with E-state index in [1.807, 2.05) is 0 Å². The number of nitro groups is 1. The Labute approximate surface area is 151 Å². The van der Waals surface area contributed by atoms with Crippen molar-refractivity contribution in [2.75, 3.05) is 18.4 Å². The maximum absolute atomic E-state index is 12.2. The third-order valence-corrected chi connectivity index (χ3v) is 4.50. The lowest BCUT2D eigenvalue weighted by Crippen LogP contribution is -2.27. The van der Waals surface area contributed by atoms with Crippen LogP contribution in [0.4, 0.5) is 11.6 Å². The zero-order valence-electron chi connectivity index (χ0n) is 14.6. The first-order valence-electron chi connectivity index (χ1n) is 8.68. The van der Waals surface area contributed by atoms with Crippen molar-refractivity contribution in [1.29, 1.82) is 0 Å². The minimum atomic E-state index is -0.439. The Morgan fingerprint density at radius 2 is 2.19 bits per heavy atom. The number of non-ortho nitro benzene ring substituents is 1. The molecule has 0 radical (unpaired) electrons. The summed E-state index contributed by atoms with van der Waals surface area (Å²) in [5.74, 6) is 1.33. The second-order valence-electron chi connectivity index (χ2n) is 6.42. The molecule has 0 unspecified atom stereocenters. The van der Waals surface area contributed by atoms with Gasteiger partial charge in [-0.3, -0.25) is 20.2 Å². The number of piperidine rings is 1. The van der Waals surface area contributed by atoms with E-state index < -0.39 is 4.92 Å². The van der Waals surface area contributed by atoms with Gasteiger partial charge in [-0.05, 0) is 37.9 Å². The molecule has 0 atom stereocenters. The minimum absolute atomic E-state index is 0.0304. The van der Waals surface area contributed by atoms with Crippen LogP contribution in [0.25, 0.3) is 0 Å². The normalized spacial score (nSPS) is 15.0. The van der Waals surface area contributed by atoms with Crippen molar-refractivity contribution >= 4 is 17.5 Å². The summed E-state index contributed by atoms with van der Waals surface area (Å²) >= 11 is 0. The van der Waals surface area contributed by atoms with Crippen LogP contribution in [0.3, 0.4) is 0 Å². The number of nitro benzene ring substituents is 1. The second kappa shape index (κ2) is 8.05. The zero-order chi connectivity index (χ0) is 18.5. The van der Waals surface area contributed by atoms with Gasteiger partial charge >= 0.3 is 0 Å². The third-order valence-electron chi connectivity index (χ3n) is 4.50. The molecule has 0 bridgehead atoms. The number of nitrogens with one attached hydrogen (secondary N) is 2. The highest BCUT2D eigenvalue weighted by molar-refractivity contribution is 5.89. The van der Waals surface area contributed by atoms with E-state index in [1.54, 1.807) is 23.9 Å². The van der Waals surface area contributed by atoms with Gasteiger partial charge in [-0.2, -0.15) is 10.1 Å². The highest BCUT2D eigenvalue weighted by atomic mass is 16.6. The molecule has 1 saturated heterocycles. The van der Waals surface area contributed by atoms with E-state index in [-0.39, 0.29) is 18.0 Å². The van der Waals surface area contributed by atoms with Gasteiger partial charge in [-0.15, -0.1) is 0 Å². The molecule has 1 aliphatic heterocycles. The molecule has 3 rings (SSSR count). The van der Waals surface area contributed by atoms with Gasteiger partial charge in [-0.1, -0.05) is 12.1 Å². The van der Waals surface area contributed by atoms with Gasteiger partial charge in [0, 0.05) is 31.5 Å². The molecule has 2 heterocycles. The molecule has 2 N–H and O–H groups in total. The van der Waals surface area contributed by atoms with Crippen LogP contribution >= 0.6 is 0 Å². The van der Waals surface area contributed by atoms with Gasteiger partial charge in [-0.25, -0.2) is 4.68 Å². The molecule has 2 aromatic rings. The molecule has 1 aromatic carbocycles. The van der Waals surface area contributed by atoms with Gasteiger partial charge in [0.25, 0.3) is 5.69 Å². The van der Waals surface area contributed by atoms with E-state index in [0.29, 0.717) is 18.3 Å². The van der Waals surface area contributed by atoms with Gasteiger partial charge < -0.3 is 5.32 Å². The first-order chi connectivity index (χ1) is 12.5. The van der Waals surface area contributed by atoms with Crippen LogP contribution in [0.2, 0.25) is 0 Å². The molecule has 26 heavy (non-hydrogen) atoms. The van der Waals surface area contributed by atoms with Crippen molar-refractivity contribution in [2.24, 2.45) is 7.05 Å². The van der Waals surface area contributed by atoms with Crippen molar-refractivity contribution in [3.05, 3.63) is 45.8 Å². The lowest BCUT2D eigenvalue weighted by molar-refractivity contribution is -0.384. The van der Waals surface area contributed by atoms with Gasteiger partial charge in [0.15, 0.2) is 5.82 Å². The van der Waals surface area contributed by atoms with E-state index in [0.717, 1.165) is 37.3 Å². The number of hydrogen-bond donors (Lipinski definition) is 2. The van der Waals surface area contributed by atoms with E-state index in [2.05, 4.69) is 20.7 Å². The smallest absolute Gasteiger partial charge is 0.269 e. The molecule has 0 spiro atoms. The number of nitrogens with zero attached hydrogens (tertiary/aromatic N) is 4. The SMILES string of the molecule is Cn1nc(C2CCNCC2)nc1NC(=O)CCc1cccc([N+](=O)[O-])c1. The zero-order valence-corrected chi connectivity index (χ0v) is 14.6. The van der Waals surface area contributed by atoms with E-state index in [1.165, 1.54) is 12.1 Å². The Morgan fingerprint density at radius 3 is 2.92 bits per heavy atom. The van der Waals surface area contributed by atoms with Crippen LogP contribution in [0.15, 0.2) is 24.3 Å². The number of rotatable bonds is 6. The Kier molecular flexibility index (Phi) is 5.57. The largest absolute Gasteiger partial charge is 0.317 e. The lowest BCUT2D eigenvalue weighted by Gasteiger charge is -2.19. The first-order valence-corrected chi connectivity index (χ1v) is 8.68. The van der Waals surface area contributed by atoms with Crippen molar-refractivity contribution < 1.29 is 9.72 Å². The summed E-state index contributed by atoms with van der Waals surface area (Å²) in [6, 6.07) is 6.33. The topological polar surface area (TPSA) is 115 Å². The molecule has 1 aliphatic rings. The first kappa shape index (κ1) is 18.0. The number of hydrogen-bond acceptors (Lipinski definition) is 6. The van der Waals surface area contributed by atoms with Gasteiger partial charge in [0.05, 0.1) is 4.92 Å². The highest BCUT2D eigenvalue weighted by Crippen LogP contribution is 2.23. The van der Waals surface area contributed by atoms with Gasteiger partial charge in [0.2, 0.25) is 11.9 Å². The van der Waals surface area contributed by atoms with Crippen LogP contribution in [0.5, 0.6) is 0 Å². The standard InChI is InChI=1S/C17H22N6O3/c1-22-17(20-16(21-22)13-7-9-18-10-8-13)19-15(24)6-5-12-3-2-4-14(11-12)23(25)26/h2-4,11,13,18H,5-10H2,1H3,(H,19,20,21,24). The van der Waals surface area contributed by atoms with Crippen molar-refractivity contribution in [3.8, 4) is 0 Å². The number of aryl methyl sites for hydroxylation is 2. The lowest BCUT2D eigenvalue weighted by atomic mass is 9.98. The molecule has 1 fully saturated rings. The molecule has 138 valence electrons. The summed E-state index contributed by atoms with van der Waals surface area (Å²) < 4.78 is 1.59. The fraction of sp³-hybridized carbons (Fsp3) is 0.471. The molecule has 9 nitrogen and oxygen atoms in total. The molecule has 9 heteroatoms. The van der Waals surface area contributed by atoms with Crippen LogP contribution in [0.1, 0.15) is 36.6 Å². The Balaban J connectivity index is 1.57. The number of amides is 1. The van der Waals surface area contributed by atoms with Crippen LogP contribution in [-0.4, -0.2) is 38.7 Å². The summed E-state index contributed by atoms with van der Waals surface area (Å²) in [5.41, 5.74) is 0.783. The predicted molar refractivity (Wildman–Crippen MR) is 95.9 cm³/mol. The van der Waals surface area contributed by atoms with Crippen LogP contribution in [-0.2, 0) is 18.3 Å². The molecular formula is C17H22N6O3. The van der Waals surface area contributed by atoms with E-state index in [4.69, 9.17) is 0 Å². The van der Waals surface area contributed by atoms with Crippen LogP contribution in [0, 0.1) is 10.1 Å². The summed E-state index contributed by atoms with van der Waals surface area (Å²) in [5, 5.41) is 21.3. The second-order valence-corrected chi connectivity index (χ2v) is 6.42. The monoisotopic (exact) mass is 358 g/mol. The minimum Gasteiger partial charge on any atom is -0.317 e. The van der Waals surface area contributed by atoms with Crippen molar-refractivity contribution in [2.45, 2.75) is 31.6 Å². The van der Waals surface area contributed by atoms with Gasteiger partial charge in [0.1, 0.15) is 0 Å². The number of benzene rings is 1. The average molecular weight is 358 g/mol. The number of carbonyl (C=O) groups excluding carboxylic acids is 1. The number of carbonyl (C=O) groups is 1. The predicted octanol–water partition coefficient (Wildman–Crippen LogP) is 1.76. The summed E-state index contributed by atoms with van der Waals surface area (Å²) in [7, 11) is 1.76. The molecular weight excluding hydrogens is 336 g/mol. The molecule has 0 saturated carbocycles. The molecule has 0 aliphatic carbocycles. The Hall–Kier alpha value is -2.81. The summed E-state index contributed by atoms with van der Waals surface area (Å²) in [4.78, 5) is 27.0.